The predicted molar refractivity (Wildman–Crippen MR) is 70.3 cm³/mol. The molecule has 0 atom stereocenters. The van der Waals surface area contributed by atoms with E-state index in [9.17, 15) is 0 Å². The average molecular weight is 289 g/mol. The second-order valence-corrected chi connectivity index (χ2v) is 4.44. The standard InChI is InChI=1S/C13H9BrN2O/c14-10-8-16-11-6-7-15-12(11)13(10)17-9-4-2-1-3-5-9/h1-8,15H. The Labute approximate surface area is 107 Å². The number of nitrogens with one attached hydrogen (secondary N) is 1. The van der Waals surface area contributed by atoms with Gasteiger partial charge < -0.3 is 9.72 Å². The Morgan fingerprint density at radius 3 is 2.76 bits per heavy atom. The summed E-state index contributed by atoms with van der Waals surface area (Å²) < 4.78 is 6.69. The summed E-state index contributed by atoms with van der Waals surface area (Å²) >= 11 is 3.45. The predicted octanol–water partition coefficient (Wildman–Crippen LogP) is 4.12. The van der Waals surface area contributed by atoms with Crippen LogP contribution < -0.4 is 4.74 Å². The van der Waals surface area contributed by atoms with Gasteiger partial charge in [0.25, 0.3) is 0 Å². The van der Waals surface area contributed by atoms with E-state index in [-0.39, 0.29) is 0 Å². The number of para-hydroxylation sites is 1. The van der Waals surface area contributed by atoms with Crippen molar-refractivity contribution in [3.63, 3.8) is 0 Å². The molecule has 4 heteroatoms. The quantitative estimate of drug-likeness (QED) is 0.770. The van der Waals surface area contributed by atoms with Crippen LogP contribution in [0.25, 0.3) is 11.0 Å². The largest absolute Gasteiger partial charge is 0.454 e. The summed E-state index contributed by atoms with van der Waals surface area (Å²) in [5.74, 6) is 1.56. The number of aromatic nitrogens is 2. The Kier molecular flexibility index (Phi) is 2.57. The fraction of sp³-hybridized carbons (Fsp3) is 0. The molecular weight excluding hydrogens is 280 g/mol. The van der Waals surface area contributed by atoms with Gasteiger partial charge in [0.05, 0.1) is 9.99 Å². The maximum Gasteiger partial charge on any atom is 0.168 e. The molecule has 2 aromatic heterocycles. The lowest BCUT2D eigenvalue weighted by molar-refractivity contribution is 0.484. The van der Waals surface area contributed by atoms with Gasteiger partial charge in [-0.25, -0.2) is 0 Å². The van der Waals surface area contributed by atoms with Crippen molar-refractivity contribution in [2.45, 2.75) is 0 Å². The van der Waals surface area contributed by atoms with Gasteiger partial charge in [-0.15, -0.1) is 0 Å². The summed E-state index contributed by atoms with van der Waals surface area (Å²) in [6.45, 7) is 0. The second-order valence-electron chi connectivity index (χ2n) is 3.59. The zero-order valence-corrected chi connectivity index (χ0v) is 10.4. The summed E-state index contributed by atoms with van der Waals surface area (Å²) in [6, 6.07) is 11.6. The number of hydrogen-bond acceptors (Lipinski definition) is 2. The maximum absolute atomic E-state index is 5.86. The molecule has 3 nitrogen and oxygen atoms in total. The third kappa shape index (κ3) is 1.91. The van der Waals surface area contributed by atoms with Gasteiger partial charge in [0.1, 0.15) is 11.3 Å². The van der Waals surface area contributed by atoms with E-state index in [0.29, 0.717) is 0 Å². The summed E-state index contributed by atoms with van der Waals surface area (Å²) in [5.41, 5.74) is 1.78. The minimum atomic E-state index is 0.756. The molecule has 0 bridgehead atoms. The van der Waals surface area contributed by atoms with E-state index < -0.39 is 0 Å². The molecule has 3 aromatic rings. The minimum absolute atomic E-state index is 0.756. The lowest BCUT2D eigenvalue weighted by Crippen LogP contribution is -1.88. The van der Waals surface area contributed by atoms with Gasteiger partial charge in [-0.2, -0.15) is 0 Å². The molecule has 0 saturated heterocycles. The van der Waals surface area contributed by atoms with Crippen LogP contribution in [-0.2, 0) is 0 Å². The molecule has 0 radical (unpaired) electrons. The first-order valence-corrected chi connectivity index (χ1v) is 5.98. The van der Waals surface area contributed by atoms with Crippen molar-refractivity contribution >= 4 is 27.0 Å². The lowest BCUT2D eigenvalue weighted by Gasteiger charge is -2.08. The first kappa shape index (κ1) is 10.4. The second kappa shape index (κ2) is 4.22. The molecule has 2 heterocycles. The SMILES string of the molecule is Brc1cnc2cc[nH]c2c1Oc1ccccc1. The van der Waals surface area contributed by atoms with Crippen LogP contribution in [0, 0.1) is 0 Å². The third-order valence-electron chi connectivity index (χ3n) is 2.45. The van der Waals surface area contributed by atoms with Crippen LogP contribution >= 0.6 is 15.9 Å². The van der Waals surface area contributed by atoms with Crippen molar-refractivity contribution in [1.82, 2.24) is 9.97 Å². The number of ether oxygens (including phenoxy) is 1. The van der Waals surface area contributed by atoms with E-state index in [4.69, 9.17) is 4.74 Å². The molecule has 0 amide bonds. The maximum atomic E-state index is 5.86. The number of rotatable bonds is 2. The van der Waals surface area contributed by atoms with Crippen molar-refractivity contribution in [3.05, 3.63) is 53.3 Å². The highest BCUT2D eigenvalue weighted by atomic mass is 79.9. The van der Waals surface area contributed by atoms with E-state index in [2.05, 4.69) is 25.9 Å². The normalized spacial score (nSPS) is 10.6. The number of benzene rings is 1. The molecule has 3 rings (SSSR count). The summed E-state index contributed by atoms with van der Waals surface area (Å²) in [6.07, 6.45) is 3.59. The third-order valence-corrected chi connectivity index (χ3v) is 3.01. The zero-order chi connectivity index (χ0) is 11.7. The number of nitrogens with zero attached hydrogens (tertiary/aromatic N) is 1. The Bertz CT molecular complexity index is 649. The van der Waals surface area contributed by atoms with E-state index in [0.717, 1.165) is 27.0 Å². The lowest BCUT2D eigenvalue weighted by atomic mass is 10.3. The molecule has 0 fully saturated rings. The summed E-state index contributed by atoms with van der Waals surface area (Å²) in [5, 5.41) is 0. The number of pyridine rings is 1. The van der Waals surface area contributed by atoms with Gasteiger partial charge in [0.2, 0.25) is 0 Å². The Balaban J connectivity index is 2.10. The molecule has 0 aliphatic carbocycles. The van der Waals surface area contributed by atoms with Crippen LogP contribution in [0.5, 0.6) is 11.5 Å². The van der Waals surface area contributed by atoms with Crippen molar-refractivity contribution < 1.29 is 4.74 Å². The number of hydrogen-bond donors (Lipinski definition) is 1. The van der Waals surface area contributed by atoms with Gasteiger partial charge >= 0.3 is 0 Å². The molecule has 1 N–H and O–H groups in total. The van der Waals surface area contributed by atoms with E-state index in [1.165, 1.54) is 0 Å². The van der Waals surface area contributed by atoms with Crippen molar-refractivity contribution in [1.29, 1.82) is 0 Å². The fourth-order valence-corrected chi connectivity index (χ4v) is 2.04. The van der Waals surface area contributed by atoms with E-state index in [1.807, 2.05) is 42.6 Å². The Hall–Kier alpha value is -1.81. The summed E-state index contributed by atoms with van der Waals surface area (Å²) in [7, 11) is 0. The number of fused-ring (bicyclic) bond motifs is 1. The summed E-state index contributed by atoms with van der Waals surface area (Å²) in [4.78, 5) is 7.42. The first-order valence-electron chi connectivity index (χ1n) is 5.19. The highest BCUT2D eigenvalue weighted by molar-refractivity contribution is 9.10. The monoisotopic (exact) mass is 288 g/mol. The molecule has 0 aliphatic rings. The Morgan fingerprint density at radius 1 is 1.12 bits per heavy atom. The highest BCUT2D eigenvalue weighted by Gasteiger charge is 2.10. The number of H-pyrrole nitrogens is 1. The first-order chi connectivity index (χ1) is 8.34. The number of halogens is 1. The fourth-order valence-electron chi connectivity index (χ4n) is 1.66. The van der Waals surface area contributed by atoms with Gasteiger partial charge in [-0.1, -0.05) is 18.2 Å². The van der Waals surface area contributed by atoms with Crippen LogP contribution in [0.1, 0.15) is 0 Å². The van der Waals surface area contributed by atoms with E-state index >= 15 is 0 Å². The van der Waals surface area contributed by atoms with Crippen LogP contribution in [0.4, 0.5) is 0 Å². The van der Waals surface area contributed by atoms with Gasteiger partial charge in [-0.3, -0.25) is 4.98 Å². The molecule has 17 heavy (non-hydrogen) atoms. The van der Waals surface area contributed by atoms with Gasteiger partial charge in [0, 0.05) is 12.4 Å². The highest BCUT2D eigenvalue weighted by Crippen LogP contribution is 2.34. The van der Waals surface area contributed by atoms with Crippen molar-refractivity contribution in [3.8, 4) is 11.5 Å². The molecule has 0 unspecified atom stereocenters. The minimum Gasteiger partial charge on any atom is -0.454 e. The molecular formula is C13H9BrN2O. The topological polar surface area (TPSA) is 37.9 Å². The smallest absolute Gasteiger partial charge is 0.168 e. The van der Waals surface area contributed by atoms with Crippen molar-refractivity contribution in [2.75, 3.05) is 0 Å². The average Bonchev–Trinajstić information content (AvgIpc) is 2.83. The van der Waals surface area contributed by atoms with Gasteiger partial charge in [0.15, 0.2) is 5.75 Å². The van der Waals surface area contributed by atoms with E-state index in [1.54, 1.807) is 6.20 Å². The van der Waals surface area contributed by atoms with Crippen LogP contribution in [0.3, 0.4) is 0 Å². The molecule has 0 saturated carbocycles. The molecule has 84 valence electrons. The molecule has 0 aliphatic heterocycles. The number of aromatic amines is 1. The molecule has 0 spiro atoms. The van der Waals surface area contributed by atoms with Gasteiger partial charge in [-0.05, 0) is 34.1 Å². The van der Waals surface area contributed by atoms with Crippen LogP contribution in [0.15, 0.2) is 53.3 Å². The Morgan fingerprint density at radius 2 is 1.94 bits per heavy atom. The molecule has 1 aromatic carbocycles. The van der Waals surface area contributed by atoms with Crippen LogP contribution in [-0.4, -0.2) is 9.97 Å². The van der Waals surface area contributed by atoms with Crippen molar-refractivity contribution in [2.24, 2.45) is 0 Å². The zero-order valence-electron chi connectivity index (χ0n) is 8.85. The van der Waals surface area contributed by atoms with Crippen LogP contribution in [0.2, 0.25) is 0 Å².